The van der Waals surface area contributed by atoms with E-state index < -0.39 is 0 Å². The highest BCUT2D eigenvalue weighted by atomic mass is 16.5. The number of carbonyl (C=O) groups excluding carboxylic acids is 1. The van der Waals surface area contributed by atoms with Crippen LogP contribution in [0.1, 0.15) is 17.5 Å². The number of nitrogens with zero attached hydrogens (tertiary/aromatic N) is 1. The van der Waals surface area contributed by atoms with Gasteiger partial charge in [0.15, 0.2) is 6.61 Å². The normalized spacial score (nSPS) is 18.1. The van der Waals surface area contributed by atoms with Crippen molar-refractivity contribution >= 4 is 5.91 Å². The Kier molecular flexibility index (Phi) is 3.42. The Balaban J connectivity index is 1.51. The number of hydrogen-bond donors (Lipinski definition) is 1. The van der Waals surface area contributed by atoms with E-state index in [1.165, 1.54) is 17.5 Å². The highest BCUT2D eigenvalue weighted by molar-refractivity contribution is 5.78. The summed E-state index contributed by atoms with van der Waals surface area (Å²) in [6, 6.07) is 6.11. The molecule has 19 heavy (non-hydrogen) atoms. The first-order valence-electron chi connectivity index (χ1n) is 6.89. The van der Waals surface area contributed by atoms with E-state index in [1.807, 2.05) is 6.07 Å². The molecule has 0 saturated carbocycles. The number of fused-ring (bicyclic) bond motifs is 1. The highest BCUT2D eigenvalue weighted by Gasteiger charge is 2.29. The summed E-state index contributed by atoms with van der Waals surface area (Å²) in [6.45, 7) is 1.57. The second kappa shape index (κ2) is 5.21. The maximum Gasteiger partial charge on any atom is 0.260 e. The molecule has 0 aromatic heterocycles. The van der Waals surface area contributed by atoms with E-state index in [1.54, 1.807) is 4.90 Å². The molecule has 0 radical (unpaired) electrons. The van der Waals surface area contributed by atoms with Gasteiger partial charge in [-0.25, -0.2) is 0 Å². The van der Waals surface area contributed by atoms with Crippen molar-refractivity contribution in [2.24, 2.45) is 5.92 Å². The molecular formula is C15H19NO3. The summed E-state index contributed by atoms with van der Waals surface area (Å²) in [4.78, 5) is 13.5. The van der Waals surface area contributed by atoms with Gasteiger partial charge in [-0.1, -0.05) is 6.07 Å². The third-order valence-electron chi connectivity index (χ3n) is 4.00. The fraction of sp³-hybridized carbons (Fsp3) is 0.533. The van der Waals surface area contributed by atoms with Gasteiger partial charge in [-0.05, 0) is 42.5 Å². The van der Waals surface area contributed by atoms with Crippen molar-refractivity contribution in [3.8, 4) is 5.75 Å². The minimum absolute atomic E-state index is 0.00481. The Morgan fingerprint density at radius 3 is 2.89 bits per heavy atom. The minimum Gasteiger partial charge on any atom is -0.484 e. The Morgan fingerprint density at radius 2 is 2.11 bits per heavy atom. The Labute approximate surface area is 113 Å². The van der Waals surface area contributed by atoms with E-state index in [9.17, 15) is 4.79 Å². The molecule has 1 amide bonds. The van der Waals surface area contributed by atoms with Crippen LogP contribution < -0.4 is 4.74 Å². The van der Waals surface area contributed by atoms with Crippen LogP contribution in [0.4, 0.5) is 0 Å². The number of hydrogen-bond acceptors (Lipinski definition) is 3. The van der Waals surface area contributed by atoms with Crippen molar-refractivity contribution in [3.05, 3.63) is 29.3 Å². The van der Waals surface area contributed by atoms with Gasteiger partial charge in [-0.15, -0.1) is 0 Å². The predicted molar refractivity (Wildman–Crippen MR) is 71.1 cm³/mol. The molecule has 1 aromatic rings. The zero-order valence-electron chi connectivity index (χ0n) is 11.0. The first kappa shape index (κ1) is 12.5. The number of aliphatic hydroxyl groups is 1. The highest BCUT2D eigenvalue weighted by Crippen LogP contribution is 2.26. The van der Waals surface area contributed by atoms with Gasteiger partial charge in [0.25, 0.3) is 5.91 Å². The fourth-order valence-electron chi connectivity index (χ4n) is 2.76. The molecule has 1 aromatic carbocycles. The van der Waals surface area contributed by atoms with Crippen LogP contribution in [0.2, 0.25) is 0 Å². The molecule has 4 nitrogen and oxygen atoms in total. The monoisotopic (exact) mass is 261 g/mol. The summed E-state index contributed by atoms with van der Waals surface area (Å²) >= 11 is 0. The second-order valence-electron chi connectivity index (χ2n) is 5.42. The first-order chi connectivity index (χ1) is 9.26. The van der Waals surface area contributed by atoms with Crippen LogP contribution in [0.15, 0.2) is 18.2 Å². The van der Waals surface area contributed by atoms with Crippen LogP contribution in [0.3, 0.4) is 0 Å². The van der Waals surface area contributed by atoms with Gasteiger partial charge in [0, 0.05) is 25.6 Å². The van der Waals surface area contributed by atoms with Crippen molar-refractivity contribution < 1.29 is 14.6 Å². The molecule has 0 spiro atoms. The maximum absolute atomic E-state index is 11.8. The standard InChI is InChI=1S/C15H19NO3/c17-9-11-7-16(8-11)15(18)10-19-14-5-4-12-2-1-3-13(12)6-14/h4-6,11,17H,1-3,7-10H2. The lowest BCUT2D eigenvalue weighted by molar-refractivity contribution is -0.140. The van der Waals surface area contributed by atoms with Gasteiger partial charge >= 0.3 is 0 Å². The van der Waals surface area contributed by atoms with Crippen LogP contribution in [0, 0.1) is 5.92 Å². The molecule has 1 fully saturated rings. The van der Waals surface area contributed by atoms with E-state index in [0.717, 1.165) is 18.6 Å². The molecule has 1 aliphatic heterocycles. The van der Waals surface area contributed by atoms with Crippen molar-refractivity contribution in [1.29, 1.82) is 0 Å². The number of benzene rings is 1. The van der Waals surface area contributed by atoms with E-state index in [2.05, 4.69) is 12.1 Å². The van der Waals surface area contributed by atoms with Crippen LogP contribution in [-0.4, -0.2) is 42.2 Å². The third-order valence-corrected chi connectivity index (χ3v) is 4.00. The third kappa shape index (κ3) is 2.59. The molecule has 0 unspecified atom stereocenters. The Hall–Kier alpha value is -1.55. The van der Waals surface area contributed by atoms with Crippen molar-refractivity contribution in [1.82, 2.24) is 4.90 Å². The first-order valence-corrected chi connectivity index (χ1v) is 6.89. The molecule has 1 heterocycles. The number of carbonyl (C=O) groups is 1. The van der Waals surface area contributed by atoms with Gasteiger partial charge < -0.3 is 14.7 Å². The van der Waals surface area contributed by atoms with Gasteiger partial charge in [0.05, 0.1) is 0 Å². The second-order valence-corrected chi connectivity index (χ2v) is 5.42. The van der Waals surface area contributed by atoms with E-state index in [4.69, 9.17) is 9.84 Å². The molecule has 1 aliphatic carbocycles. The van der Waals surface area contributed by atoms with Crippen LogP contribution in [-0.2, 0) is 17.6 Å². The summed E-state index contributed by atoms with van der Waals surface area (Å²) in [5.41, 5.74) is 2.77. The summed E-state index contributed by atoms with van der Waals surface area (Å²) in [7, 11) is 0. The van der Waals surface area contributed by atoms with Gasteiger partial charge in [0.1, 0.15) is 5.75 Å². The van der Waals surface area contributed by atoms with Crippen LogP contribution in [0.25, 0.3) is 0 Å². The van der Waals surface area contributed by atoms with Gasteiger partial charge in [-0.2, -0.15) is 0 Å². The minimum atomic E-state index is 0.00481. The van der Waals surface area contributed by atoms with Crippen molar-refractivity contribution in [3.63, 3.8) is 0 Å². The number of amides is 1. The van der Waals surface area contributed by atoms with Crippen LogP contribution in [0.5, 0.6) is 5.75 Å². The summed E-state index contributed by atoms with van der Waals surface area (Å²) in [6.07, 6.45) is 3.49. The molecule has 0 bridgehead atoms. The average Bonchev–Trinajstić information content (AvgIpc) is 2.82. The van der Waals surface area contributed by atoms with Crippen LogP contribution >= 0.6 is 0 Å². The number of aryl methyl sites for hydroxylation is 2. The largest absolute Gasteiger partial charge is 0.484 e. The average molecular weight is 261 g/mol. The zero-order chi connectivity index (χ0) is 13.2. The molecule has 4 heteroatoms. The lowest BCUT2D eigenvalue weighted by atomic mass is 10.0. The fourth-order valence-corrected chi connectivity index (χ4v) is 2.76. The topological polar surface area (TPSA) is 49.8 Å². The molecule has 3 rings (SSSR count). The molecule has 102 valence electrons. The van der Waals surface area contributed by atoms with Gasteiger partial charge in [0.2, 0.25) is 0 Å². The lowest BCUT2D eigenvalue weighted by Crippen LogP contribution is -2.52. The molecule has 2 aliphatic rings. The number of aliphatic hydroxyl groups excluding tert-OH is 1. The summed E-state index contributed by atoms with van der Waals surface area (Å²) in [5.74, 6) is 1.04. The lowest BCUT2D eigenvalue weighted by Gasteiger charge is -2.38. The quantitative estimate of drug-likeness (QED) is 0.880. The van der Waals surface area contributed by atoms with E-state index >= 15 is 0 Å². The number of likely N-dealkylation sites (tertiary alicyclic amines) is 1. The number of ether oxygens (including phenoxy) is 1. The summed E-state index contributed by atoms with van der Waals surface area (Å²) in [5, 5.41) is 8.91. The smallest absolute Gasteiger partial charge is 0.260 e. The number of rotatable bonds is 4. The zero-order valence-corrected chi connectivity index (χ0v) is 11.0. The Bertz CT molecular complexity index is 480. The summed E-state index contributed by atoms with van der Waals surface area (Å²) < 4.78 is 5.57. The van der Waals surface area contributed by atoms with Crippen molar-refractivity contribution in [2.45, 2.75) is 19.3 Å². The maximum atomic E-state index is 11.8. The molecular weight excluding hydrogens is 242 g/mol. The predicted octanol–water partition coefficient (Wildman–Crippen LogP) is 1.00. The molecule has 0 atom stereocenters. The van der Waals surface area contributed by atoms with Crippen molar-refractivity contribution in [2.75, 3.05) is 26.3 Å². The van der Waals surface area contributed by atoms with E-state index in [0.29, 0.717) is 13.1 Å². The van der Waals surface area contributed by atoms with Gasteiger partial charge in [-0.3, -0.25) is 4.79 Å². The van der Waals surface area contributed by atoms with E-state index in [-0.39, 0.29) is 25.0 Å². The Morgan fingerprint density at radius 1 is 1.32 bits per heavy atom. The molecule has 1 saturated heterocycles. The molecule has 1 N–H and O–H groups in total. The SMILES string of the molecule is O=C(COc1ccc2c(c1)CCC2)N1CC(CO)C1.